The van der Waals surface area contributed by atoms with Gasteiger partial charge >= 0.3 is 6.18 Å². The van der Waals surface area contributed by atoms with E-state index in [0.29, 0.717) is 18.4 Å². The molecule has 0 bridgehead atoms. The Balaban J connectivity index is 1.89. The van der Waals surface area contributed by atoms with Gasteiger partial charge in [-0.05, 0) is 36.4 Å². The second kappa shape index (κ2) is 6.22. The van der Waals surface area contributed by atoms with E-state index in [1.54, 1.807) is 11.3 Å². The third-order valence-corrected chi connectivity index (χ3v) is 3.88. The number of benzene rings is 1. The highest BCUT2D eigenvalue weighted by Crippen LogP contribution is 2.29. The van der Waals surface area contributed by atoms with Crippen LogP contribution < -0.4 is 0 Å². The van der Waals surface area contributed by atoms with E-state index in [2.05, 4.69) is 0 Å². The standard InChI is InChI=1S/C15H13F3OS/c16-15(17,18)12-8-6-11(7-9-12)14(19)5-1-3-13-4-2-10-20-13/h2,4,6-10H,1,3,5H2. The van der Waals surface area contributed by atoms with Crippen molar-refractivity contribution in [2.75, 3.05) is 0 Å². The summed E-state index contributed by atoms with van der Waals surface area (Å²) in [5, 5.41) is 1.98. The van der Waals surface area contributed by atoms with E-state index in [4.69, 9.17) is 0 Å². The Hall–Kier alpha value is -1.62. The number of hydrogen-bond donors (Lipinski definition) is 0. The number of thiophene rings is 1. The minimum absolute atomic E-state index is 0.115. The minimum atomic E-state index is -4.36. The maximum atomic E-state index is 12.4. The molecule has 1 heterocycles. The van der Waals surface area contributed by atoms with Crippen LogP contribution in [0, 0.1) is 0 Å². The maximum absolute atomic E-state index is 12.4. The fourth-order valence-electron chi connectivity index (χ4n) is 1.87. The quantitative estimate of drug-likeness (QED) is 0.712. The van der Waals surface area contributed by atoms with E-state index in [1.165, 1.54) is 17.0 Å². The zero-order chi connectivity index (χ0) is 14.6. The zero-order valence-corrected chi connectivity index (χ0v) is 11.4. The van der Waals surface area contributed by atoms with Crippen molar-refractivity contribution in [1.82, 2.24) is 0 Å². The van der Waals surface area contributed by atoms with Crippen LogP contribution >= 0.6 is 11.3 Å². The second-order valence-corrected chi connectivity index (χ2v) is 5.46. The number of Topliss-reactive ketones (excluding diaryl/α,β-unsaturated/α-hetero) is 1. The van der Waals surface area contributed by atoms with Gasteiger partial charge in [-0.2, -0.15) is 13.2 Å². The third kappa shape index (κ3) is 3.93. The first kappa shape index (κ1) is 14.8. The summed E-state index contributed by atoms with van der Waals surface area (Å²) in [4.78, 5) is 13.1. The molecule has 1 aromatic carbocycles. The second-order valence-electron chi connectivity index (χ2n) is 4.43. The van der Waals surface area contributed by atoms with E-state index in [9.17, 15) is 18.0 Å². The Bertz CT molecular complexity index is 556. The lowest BCUT2D eigenvalue weighted by Gasteiger charge is -2.07. The van der Waals surface area contributed by atoms with Crippen molar-refractivity contribution in [3.8, 4) is 0 Å². The molecule has 0 radical (unpaired) electrons. The summed E-state index contributed by atoms with van der Waals surface area (Å²) in [6.07, 6.45) is -2.48. The molecule has 20 heavy (non-hydrogen) atoms. The summed E-state index contributed by atoms with van der Waals surface area (Å²) in [5.41, 5.74) is -0.392. The Kier molecular flexibility index (Phi) is 4.60. The van der Waals surface area contributed by atoms with Crippen LogP contribution in [0.3, 0.4) is 0 Å². The molecule has 2 aromatic rings. The highest BCUT2D eigenvalue weighted by atomic mass is 32.1. The summed E-state index contributed by atoms with van der Waals surface area (Å²) in [6, 6.07) is 8.36. The van der Waals surface area contributed by atoms with Crippen LogP contribution in [-0.4, -0.2) is 5.78 Å². The van der Waals surface area contributed by atoms with Gasteiger partial charge in [-0.1, -0.05) is 18.2 Å². The van der Waals surface area contributed by atoms with Crippen LogP contribution in [-0.2, 0) is 12.6 Å². The van der Waals surface area contributed by atoms with Crippen molar-refractivity contribution in [1.29, 1.82) is 0 Å². The summed E-state index contributed by atoms with van der Waals surface area (Å²) >= 11 is 1.64. The van der Waals surface area contributed by atoms with Crippen molar-refractivity contribution in [3.63, 3.8) is 0 Å². The lowest BCUT2D eigenvalue weighted by molar-refractivity contribution is -0.137. The monoisotopic (exact) mass is 298 g/mol. The van der Waals surface area contributed by atoms with Crippen LogP contribution in [0.25, 0.3) is 0 Å². The smallest absolute Gasteiger partial charge is 0.294 e. The molecular formula is C15H13F3OS. The van der Waals surface area contributed by atoms with Gasteiger partial charge in [0.05, 0.1) is 5.56 Å². The number of ketones is 1. The van der Waals surface area contributed by atoms with E-state index in [-0.39, 0.29) is 5.78 Å². The van der Waals surface area contributed by atoms with Crippen LogP contribution in [0.15, 0.2) is 41.8 Å². The fourth-order valence-corrected chi connectivity index (χ4v) is 2.62. The molecule has 0 amide bonds. The Morgan fingerprint density at radius 3 is 2.35 bits per heavy atom. The largest absolute Gasteiger partial charge is 0.416 e. The normalized spacial score (nSPS) is 11.6. The fraction of sp³-hybridized carbons (Fsp3) is 0.267. The molecule has 2 rings (SSSR count). The van der Waals surface area contributed by atoms with Gasteiger partial charge in [-0.15, -0.1) is 11.3 Å². The third-order valence-electron chi connectivity index (χ3n) is 2.94. The summed E-state index contributed by atoms with van der Waals surface area (Å²) in [6.45, 7) is 0. The lowest BCUT2D eigenvalue weighted by Crippen LogP contribution is -2.06. The predicted molar refractivity (Wildman–Crippen MR) is 73.0 cm³/mol. The van der Waals surface area contributed by atoms with Gasteiger partial charge in [0, 0.05) is 16.9 Å². The average Bonchev–Trinajstić information content (AvgIpc) is 2.91. The number of halogens is 3. The van der Waals surface area contributed by atoms with Crippen LogP contribution in [0.1, 0.15) is 33.6 Å². The molecule has 0 atom stereocenters. The van der Waals surface area contributed by atoms with Gasteiger partial charge in [-0.25, -0.2) is 0 Å². The molecule has 106 valence electrons. The molecule has 0 unspecified atom stereocenters. The van der Waals surface area contributed by atoms with Crippen LogP contribution in [0.5, 0.6) is 0 Å². The minimum Gasteiger partial charge on any atom is -0.294 e. The Morgan fingerprint density at radius 2 is 1.80 bits per heavy atom. The highest BCUT2D eigenvalue weighted by Gasteiger charge is 2.30. The number of carbonyl (C=O) groups is 1. The van der Waals surface area contributed by atoms with Gasteiger partial charge in [0.2, 0.25) is 0 Å². The number of hydrogen-bond acceptors (Lipinski definition) is 2. The molecular weight excluding hydrogens is 285 g/mol. The number of alkyl halides is 3. The number of carbonyl (C=O) groups excluding carboxylic acids is 1. The van der Waals surface area contributed by atoms with Gasteiger partial charge in [0.1, 0.15) is 0 Å². The Labute approximate surface area is 119 Å². The molecule has 1 nitrogen and oxygen atoms in total. The highest BCUT2D eigenvalue weighted by molar-refractivity contribution is 7.09. The molecule has 0 aliphatic heterocycles. The molecule has 5 heteroatoms. The average molecular weight is 298 g/mol. The molecule has 1 aromatic heterocycles. The molecule has 0 spiro atoms. The number of rotatable bonds is 5. The molecule has 0 aliphatic carbocycles. The molecule has 0 N–H and O–H groups in total. The van der Waals surface area contributed by atoms with E-state index in [0.717, 1.165) is 18.6 Å². The lowest BCUT2D eigenvalue weighted by atomic mass is 10.0. The zero-order valence-electron chi connectivity index (χ0n) is 10.6. The first-order valence-electron chi connectivity index (χ1n) is 6.19. The molecule has 0 fully saturated rings. The molecule has 0 saturated carbocycles. The molecule has 0 saturated heterocycles. The SMILES string of the molecule is O=C(CCCc1cccs1)c1ccc(C(F)(F)F)cc1. The summed E-state index contributed by atoms with van der Waals surface area (Å²) in [5.74, 6) is -0.115. The van der Waals surface area contributed by atoms with E-state index in [1.807, 2.05) is 17.5 Å². The summed E-state index contributed by atoms with van der Waals surface area (Å²) < 4.78 is 37.2. The maximum Gasteiger partial charge on any atom is 0.416 e. The Morgan fingerprint density at radius 1 is 1.10 bits per heavy atom. The van der Waals surface area contributed by atoms with Gasteiger partial charge < -0.3 is 0 Å². The predicted octanol–water partition coefficient (Wildman–Crippen LogP) is 4.97. The van der Waals surface area contributed by atoms with Gasteiger partial charge in [0.25, 0.3) is 0 Å². The van der Waals surface area contributed by atoms with Crippen molar-refractivity contribution in [2.45, 2.75) is 25.4 Å². The van der Waals surface area contributed by atoms with E-state index >= 15 is 0 Å². The van der Waals surface area contributed by atoms with Crippen molar-refractivity contribution < 1.29 is 18.0 Å². The van der Waals surface area contributed by atoms with Crippen molar-refractivity contribution in [3.05, 3.63) is 57.8 Å². The van der Waals surface area contributed by atoms with Gasteiger partial charge in [0.15, 0.2) is 5.78 Å². The summed E-state index contributed by atoms with van der Waals surface area (Å²) in [7, 11) is 0. The van der Waals surface area contributed by atoms with E-state index < -0.39 is 11.7 Å². The van der Waals surface area contributed by atoms with Crippen molar-refractivity contribution >= 4 is 17.1 Å². The topological polar surface area (TPSA) is 17.1 Å². The first-order valence-corrected chi connectivity index (χ1v) is 7.07. The van der Waals surface area contributed by atoms with Gasteiger partial charge in [-0.3, -0.25) is 4.79 Å². The van der Waals surface area contributed by atoms with Crippen molar-refractivity contribution in [2.24, 2.45) is 0 Å². The van der Waals surface area contributed by atoms with Crippen LogP contribution in [0.4, 0.5) is 13.2 Å². The first-order chi connectivity index (χ1) is 9.47. The molecule has 0 aliphatic rings. The van der Waals surface area contributed by atoms with Crippen LogP contribution in [0.2, 0.25) is 0 Å². The number of aryl methyl sites for hydroxylation is 1.